The first-order valence-corrected chi connectivity index (χ1v) is 11.2. The smallest absolute Gasteiger partial charge is 0.0574 e. The highest BCUT2D eigenvalue weighted by molar-refractivity contribution is 5.87. The molecule has 3 rings (SSSR count). The molecule has 1 aliphatic heterocycles. The lowest BCUT2D eigenvalue weighted by Gasteiger charge is -2.59. The van der Waals surface area contributed by atoms with Gasteiger partial charge in [-0.05, 0) is 73.8 Å². The fourth-order valence-electron chi connectivity index (χ4n) is 5.13. The second kappa shape index (κ2) is 6.59. The topological polar surface area (TPSA) is 11.4 Å². The monoisotopic (exact) mass is 397 g/mol. The van der Waals surface area contributed by atoms with Crippen LogP contribution in [0.25, 0.3) is 10.9 Å². The molecule has 1 atom stereocenters. The van der Waals surface area contributed by atoms with E-state index in [0.717, 1.165) is 6.54 Å². The Morgan fingerprint density at radius 1 is 0.724 bits per heavy atom. The minimum absolute atomic E-state index is 0.0217. The first kappa shape index (κ1) is 22.4. The average molecular weight is 398 g/mol. The molecule has 0 saturated heterocycles. The lowest BCUT2D eigenvalue weighted by Crippen LogP contribution is -2.64. The molecule has 2 heterocycles. The minimum Gasteiger partial charge on any atom is -0.338 e. The van der Waals surface area contributed by atoms with Crippen molar-refractivity contribution in [3.8, 4) is 0 Å². The molecule has 0 bridgehead atoms. The van der Waals surface area contributed by atoms with Crippen molar-refractivity contribution in [3.05, 3.63) is 35.5 Å². The minimum atomic E-state index is 0.0217. The van der Waals surface area contributed by atoms with Crippen LogP contribution in [0.2, 0.25) is 0 Å². The summed E-state index contributed by atoms with van der Waals surface area (Å²) in [5.41, 5.74) is 4.56. The highest BCUT2D eigenvalue weighted by Gasteiger charge is 2.49. The standard InChI is InChI=1S/C26H43N3/c1-23(2,3)22-21-18-15-13-14-16-19(18)28(25(7,8)9)20(21)17-27(24(4,5)6)29(22)26(10,11)12/h13-16,22H,17H2,1-12H3. The maximum Gasteiger partial charge on any atom is 0.0574 e. The van der Waals surface area contributed by atoms with Crippen LogP contribution in [0, 0.1) is 5.41 Å². The lowest BCUT2D eigenvalue weighted by atomic mass is 9.77. The summed E-state index contributed by atoms with van der Waals surface area (Å²) in [6.45, 7) is 29.3. The Morgan fingerprint density at radius 2 is 1.28 bits per heavy atom. The van der Waals surface area contributed by atoms with Gasteiger partial charge in [-0.25, -0.2) is 10.0 Å². The van der Waals surface area contributed by atoms with Crippen molar-refractivity contribution in [2.45, 2.75) is 112 Å². The first-order valence-electron chi connectivity index (χ1n) is 11.2. The van der Waals surface area contributed by atoms with E-state index >= 15 is 0 Å². The van der Waals surface area contributed by atoms with Gasteiger partial charge in [-0.15, -0.1) is 0 Å². The van der Waals surface area contributed by atoms with Crippen molar-refractivity contribution >= 4 is 10.9 Å². The molecule has 0 amide bonds. The van der Waals surface area contributed by atoms with Gasteiger partial charge < -0.3 is 4.57 Å². The van der Waals surface area contributed by atoms with Gasteiger partial charge in [0, 0.05) is 38.8 Å². The van der Waals surface area contributed by atoms with Crippen molar-refractivity contribution in [3.63, 3.8) is 0 Å². The number of hydrogen-bond donors (Lipinski definition) is 0. The summed E-state index contributed by atoms with van der Waals surface area (Å²) in [5, 5.41) is 6.74. The van der Waals surface area contributed by atoms with Crippen LogP contribution < -0.4 is 0 Å². The molecule has 0 radical (unpaired) electrons. The maximum absolute atomic E-state index is 2.69. The Balaban J connectivity index is 2.47. The van der Waals surface area contributed by atoms with Crippen LogP contribution >= 0.6 is 0 Å². The molecule has 0 aliphatic carbocycles. The van der Waals surface area contributed by atoms with Gasteiger partial charge in [0.25, 0.3) is 0 Å². The Kier molecular flexibility index (Phi) is 5.08. The number of hydrogen-bond acceptors (Lipinski definition) is 2. The van der Waals surface area contributed by atoms with Gasteiger partial charge in [-0.2, -0.15) is 0 Å². The summed E-state index contributed by atoms with van der Waals surface area (Å²) >= 11 is 0. The largest absolute Gasteiger partial charge is 0.338 e. The molecule has 1 aromatic carbocycles. The summed E-state index contributed by atoms with van der Waals surface area (Å²) in [7, 11) is 0. The maximum atomic E-state index is 2.69. The lowest BCUT2D eigenvalue weighted by molar-refractivity contribution is -0.206. The van der Waals surface area contributed by atoms with Gasteiger partial charge in [0.05, 0.1) is 12.6 Å². The zero-order chi connectivity index (χ0) is 22.2. The first-order chi connectivity index (χ1) is 13.0. The normalized spacial score (nSPS) is 20.3. The molecule has 0 fully saturated rings. The van der Waals surface area contributed by atoms with E-state index < -0.39 is 0 Å². The molecule has 0 spiro atoms. The molecule has 1 aromatic heterocycles. The number of benzene rings is 1. The van der Waals surface area contributed by atoms with Crippen LogP contribution in [0.5, 0.6) is 0 Å². The number of rotatable bonds is 0. The van der Waals surface area contributed by atoms with Crippen molar-refractivity contribution < 1.29 is 0 Å². The van der Waals surface area contributed by atoms with E-state index in [4.69, 9.17) is 0 Å². The van der Waals surface area contributed by atoms with Crippen LogP contribution in [-0.2, 0) is 12.1 Å². The third-order valence-corrected chi connectivity index (χ3v) is 6.05. The summed E-state index contributed by atoms with van der Waals surface area (Å²) < 4.78 is 2.61. The molecule has 0 saturated carbocycles. The molecule has 162 valence electrons. The van der Waals surface area contributed by atoms with Crippen LogP contribution in [0.15, 0.2) is 24.3 Å². The number of para-hydroxylation sites is 1. The Labute approximate surface area is 179 Å². The molecular formula is C26H43N3. The number of nitrogens with zero attached hydrogens (tertiary/aromatic N) is 3. The van der Waals surface area contributed by atoms with Crippen molar-refractivity contribution in [1.82, 2.24) is 14.6 Å². The zero-order valence-corrected chi connectivity index (χ0v) is 20.9. The molecule has 3 heteroatoms. The predicted octanol–water partition coefficient (Wildman–Crippen LogP) is 7.11. The van der Waals surface area contributed by atoms with Crippen LogP contribution in [0.3, 0.4) is 0 Å². The average Bonchev–Trinajstić information content (AvgIpc) is 2.84. The number of fused-ring (bicyclic) bond motifs is 3. The van der Waals surface area contributed by atoms with Crippen LogP contribution in [-0.4, -0.2) is 25.7 Å². The second-order valence-electron chi connectivity index (χ2n) is 12.9. The highest BCUT2D eigenvalue weighted by atomic mass is 15.7. The SMILES string of the molecule is CC(C)(C)C1c2c(n(C(C)(C)C)c3ccccc23)CN(C(C)(C)C)N1C(C)(C)C. The molecule has 1 unspecified atom stereocenters. The third kappa shape index (κ3) is 3.77. The molecule has 2 aromatic rings. The Bertz CT molecular complexity index is 891. The van der Waals surface area contributed by atoms with Gasteiger partial charge in [0.2, 0.25) is 0 Å². The summed E-state index contributed by atoms with van der Waals surface area (Å²) in [5.74, 6) is 0. The number of aromatic nitrogens is 1. The van der Waals surface area contributed by atoms with E-state index in [2.05, 4.69) is 122 Å². The number of hydrazine groups is 1. The summed E-state index contributed by atoms with van der Waals surface area (Å²) in [6.07, 6.45) is 0. The quantitative estimate of drug-likeness (QED) is 0.469. The van der Waals surface area contributed by atoms with Crippen LogP contribution in [0.4, 0.5) is 0 Å². The van der Waals surface area contributed by atoms with Gasteiger partial charge >= 0.3 is 0 Å². The van der Waals surface area contributed by atoms with Gasteiger partial charge in [-0.1, -0.05) is 39.0 Å². The third-order valence-electron chi connectivity index (χ3n) is 6.05. The van der Waals surface area contributed by atoms with Gasteiger partial charge in [0.1, 0.15) is 0 Å². The predicted molar refractivity (Wildman–Crippen MR) is 126 cm³/mol. The van der Waals surface area contributed by atoms with Crippen molar-refractivity contribution in [2.75, 3.05) is 0 Å². The van der Waals surface area contributed by atoms with E-state index in [1.807, 2.05) is 0 Å². The highest BCUT2D eigenvalue weighted by Crippen LogP contribution is 2.52. The van der Waals surface area contributed by atoms with E-state index in [9.17, 15) is 0 Å². The molecular weight excluding hydrogens is 354 g/mol. The molecule has 0 N–H and O–H groups in total. The zero-order valence-electron chi connectivity index (χ0n) is 20.9. The Hall–Kier alpha value is -1.32. The van der Waals surface area contributed by atoms with Gasteiger partial charge in [-0.3, -0.25) is 0 Å². The van der Waals surface area contributed by atoms with E-state index in [1.54, 1.807) is 0 Å². The summed E-state index contributed by atoms with van der Waals surface area (Å²) in [4.78, 5) is 0. The van der Waals surface area contributed by atoms with E-state index in [-0.39, 0.29) is 22.0 Å². The van der Waals surface area contributed by atoms with E-state index in [1.165, 1.54) is 22.2 Å². The molecule has 1 aliphatic rings. The van der Waals surface area contributed by atoms with Crippen molar-refractivity contribution in [1.29, 1.82) is 0 Å². The van der Waals surface area contributed by atoms with Crippen LogP contribution in [0.1, 0.15) is 100 Å². The fraction of sp³-hybridized carbons (Fsp3) is 0.692. The fourth-order valence-corrected chi connectivity index (χ4v) is 5.13. The molecule has 29 heavy (non-hydrogen) atoms. The van der Waals surface area contributed by atoms with Gasteiger partial charge in [0.15, 0.2) is 0 Å². The molecule has 3 nitrogen and oxygen atoms in total. The summed E-state index contributed by atoms with van der Waals surface area (Å²) in [6, 6.07) is 9.33. The second-order valence-corrected chi connectivity index (χ2v) is 12.9. The van der Waals surface area contributed by atoms with E-state index in [0.29, 0.717) is 6.04 Å². The van der Waals surface area contributed by atoms with Crippen molar-refractivity contribution in [2.24, 2.45) is 5.41 Å². The Morgan fingerprint density at radius 3 is 1.72 bits per heavy atom.